The lowest BCUT2D eigenvalue weighted by molar-refractivity contribution is -0.138. The fourth-order valence-electron chi connectivity index (χ4n) is 3.57. The van der Waals surface area contributed by atoms with E-state index in [1.165, 1.54) is 7.11 Å². The summed E-state index contributed by atoms with van der Waals surface area (Å²) >= 11 is 6.04. The van der Waals surface area contributed by atoms with Crippen molar-refractivity contribution in [2.24, 2.45) is 0 Å². The number of nitrogens with zero attached hydrogens (tertiary/aromatic N) is 1. The molecule has 0 spiro atoms. The summed E-state index contributed by atoms with van der Waals surface area (Å²) < 4.78 is 61.7. The number of alkyl halides is 3. The van der Waals surface area contributed by atoms with Crippen molar-refractivity contribution < 1.29 is 42.0 Å². The minimum atomic E-state index is -4.59. The monoisotopic (exact) mass is 553 g/mol. The van der Waals surface area contributed by atoms with E-state index in [0.29, 0.717) is 53.2 Å². The number of rotatable bonds is 12. The molecule has 2 aromatic carbocycles. The van der Waals surface area contributed by atoms with Crippen molar-refractivity contribution in [1.82, 2.24) is 4.98 Å². The van der Waals surface area contributed by atoms with Crippen LogP contribution < -0.4 is 18.9 Å². The summed E-state index contributed by atoms with van der Waals surface area (Å²) in [7, 11) is 1.47. The van der Waals surface area contributed by atoms with Crippen LogP contribution in [0.3, 0.4) is 0 Å². The molecule has 0 saturated carbocycles. The van der Waals surface area contributed by atoms with Gasteiger partial charge in [-0.05, 0) is 50.5 Å². The molecule has 0 radical (unpaired) electrons. The number of halogens is 4. The van der Waals surface area contributed by atoms with Gasteiger partial charge in [-0.1, -0.05) is 29.8 Å². The van der Waals surface area contributed by atoms with E-state index in [9.17, 15) is 23.1 Å². The number of carbonyl (C=O) groups is 1. The van der Waals surface area contributed by atoms with Crippen molar-refractivity contribution in [3.63, 3.8) is 0 Å². The number of benzene rings is 2. The Labute approximate surface area is 223 Å². The molecule has 1 heterocycles. The molecule has 1 N–H and O–H groups in total. The summed E-state index contributed by atoms with van der Waals surface area (Å²) in [6, 6.07) is 11.0. The lowest BCUT2D eigenvalue weighted by Crippen LogP contribution is -2.08. The van der Waals surface area contributed by atoms with Crippen LogP contribution in [0, 0.1) is 0 Å². The molecule has 3 rings (SSSR count). The first kappa shape index (κ1) is 28.9. The average Bonchev–Trinajstić information content (AvgIpc) is 2.83. The van der Waals surface area contributed by atoms with Crippen molar-refractivity contribution >= 4 is 17.6 Å². The number of aromatic nitrogens is 1. The molecular weight excluding hydrogens is 527 g/mol. The Balaban J connectivity index is 1.78. The van der Waals surface area contributed by atoms with E-state index in [0.717, 1.165) is 6.07 Å². The third-order valence-corrected chi connectivity index (χ3v) is 5.48. The molecule has 0 fully saturated rings. The van der Waals surface area contributed by atoms with Crippen molar-refractivity contribution in [1.29, 1.82) is 0 Å². The van der Waals surface area contributed by atoms with Crippen LogP contribution in [-0.4, -0.2) is 35.9 Å². The molecule has 7 nitrogen and oxygen atoms in total. The lowest BCUT2D eigenvalue weighted by atomic mass is 10.1. The van der Waals surface area contributed by atoms with Gasteiger partial charge in [0, 0.05) is 17.8 Å². The zero-order valence-corrected chi connectivity index (χ0v) is 21.7. The summed E-state index contributed by atoms with van der Waals surface area (Å²) in [4.78, 5) is 15.0. The summed E-state index contributed by atoms with van der Waals surface area (Å²) in [5.41, 5.74) is 0.218. The number of carboxylic acid groups (broad SMARTS) is 1. The Morgan fingerprint density at radius 2 is 1.87 bits per heavy atom. The second kappa shape index (κ2) is 12.7. The molecule has 1 aromatic heterocycles. The third kappa shape index (κ3) is 7.92. The fourth-order valence-corrected chi connectivity index (χ4v) is 3.77. The minimum absolute atomic E-state index is 0.115. The fraction of sp³-hybridized carbons (Fsp3) is 0.333. The largest absolute Gasteiger partial charge is 0.493 e. The number of hydrogen-bond acceptors (Lipinski definition) is 6. The predicted octanol–water partition coefficient (Wildman–Crippen LogP) is 6.98. The molecule has 0 bridgehead atoms. The maximum Gasteiger partial charge on any atom is 0.417 e. The lowest BCUT2D eigenvalue weighted by Gasteiger charge is -2.17. The van der Waals surface area contributed by atoms with Crippen LogP contribution in [0.25, 0.3) is 0 Å². The van der Waals surface area contributed by atoms with Crippen LogP contribution >= 0.6 is 11.6 Å². The number of ether oxygens (including phenoxy) is 4. The van der Waals surface area contributed by atoms with Gasteiger partial charge in [0.25, 0.3) is 0 Å². The summed E-state index contributed by atoms with van der Waals surface area (Å²) in [6.45, 7) is 3.95. The minimum Gasteiger partial charge on any atom is -0.493 e. The first-order valence-corrected chi connectivity index (χ1v) is 12.1. The second-order valence-electron chi connectivity index (χ2n) is 8.52. The molecule has 0 atom stereocenters. The number of carboxylic acids is 1. The topological polar surface area (TPSA) is 87.1 Å². The van der Waals surface area contributed by atoms with Crippen LogP contribution in [0.1, 0.15) is 37.0 Å². The van der Waals surface area contributed by atoms with Gasteiger partial charge in [0.1, 0.15) is 16.5 Å². The van der Waals surface area contributed by atoms with Crippen LogP contribution in [-0.2, 0) is 23.8 Å². The van der Waals surface area contributed by atoms with Crippen molar-refractivity contribution in [2.75, 3.05) is 13.7 Å². The van der Waals surface area contributed by atoms with Gasteiger partial charge in [-0.2, -0.15) is 13.2 Å². The van der Waals surface area contributed by atoms with Crippen LogP contribution in [0.4, 0.5) is 13.2 Å². The van der Waals surface area contributed by atoms with Gasteiger partial charge in [-0.15, -0.1) is 0 Å². The predicted molar refractivity (Wildman–Crippen MR) is 135 cm³/mol. The highest BCUT2D eigenvalue weighted by Gasteiger charge is 2.32. The van der Waals surface area contributed by atoms with Crippen molar-refractivity contribution in [2.45, 2.75) is 45.4 Å². The average molecular weight is 554 g/mol. The van der Waals surface area contributed by atoms with Gasteiger partial charge in [-0.25, -0.2) is 4.98 Å². The van der Waals surface area contributed by atoms with Crippen LogP contribution in [0.15, 0.2) is 48.7 Å². The highest BCUT2D eigenvalue weighted by atomic mass is 35.5. The molecule has 0 amide bonds. The number of aryl methyl sites for hydroxylation is 1. The number of pyridine rings is 1. The molecule has 0 saturated heterocycles. The Morgan fingerprint density at radius 1 is 1.11 bits per heavy atom. The summed E-state index contributed by atoms with van der Waals surface area (Å²) in [5.74, 6) is 0.433. The van der Waals surface area contributed by atoms with E-state index in [4.69, 9.17) is 30.5 Å². The van der Waals surface area contributed by atoms with E-state index in [1.807, 2.05) is 13.8 Å². The Hall–Kier alpha value is -3.66. The molecule has 38 heavy (non-hydrogen) atoms. The molecule has 0 unspecified atom stereocenters. The molecule has 0 aliphatic rings. The Morgan fingerprint density at radius 3 is 2.50 bits per heavy atom. The highest BCUT2D eigenvalue weighted by Crippen LogP contribution is 2.37. The van der Waals surface area contributed by atoms with E-state index in [-0.39, 0.29) is 30.0 Å². The first-order chi connectivity index (χ1) is 18.0. The van der Waals surface area contributed by atoms with E-state index in [2.05, 4.69) is 4.98 Å². The molecule has 0 aliphatic carbocycles. The van der Waals surface area contributed by atoms with E-state index < -0.39 is 17.7 Å². The first-order valence-electron chi connectivity index (χ1n) is 11.7. The maximum absolute atomic E-state index is 13.0. The van der Waals surface area contributed by atoms with Crippen molar-refractivity contribution in [3.8, 4) is 28.9 Å². The second-order valence-corrected chi connectivity index (χ2v) is 8.93. The molecule has 204 valence electrons. The standard InChI is InChI=1S/C27H27ClF3NO6/c1-16(2)37-20-10-9-17(23(14-20)38-26-21(28)13-19(15-32-26)27(29,30)31)7-5-11-36-25-18(12-24(33)34)6-4-8-22(25)35-3/h4,6,8-10,13-16H,5,7,11-12H2,1-3H3,(H,33,34). The van der Waals surface area contributed by atoms with Crippen LogP contribution in [0.5, 0.6) is 28.9 Å². The third-order valence-electron chi connectivity index (χ3n) is 5.21. The van der Waals surface area contributed by atoms with E-state index in [1.54, 1.807) is 36.4 Å². The van der Waals surface area contributed by atoms with Crippen molar-refractivity contribution in [3.05, 3.63) is 70.4 Å². The number of aliphatic carboxylic acids is 1. The van der Waals surface area contributed by atoms with Gasteiger partial charge in [0.05, 0.1) is 31.8 Å². The molecule has 3 aromatic rings. The zero-order valence-electron chi connectivity index (χ0n) is 21.0. The van der Waals surface area contributed by atoms with Gasteiger partial charge >= 0.3 is 12.1 Å². The highest BCUT2D eigenvalue weighted by molar-refractivity contribution is 6.31. The molecule has 11 heteroatoms. The number of hydrogen-bond donors (Lipinski definition) is 1. The molecular formula is C27H27ClF3NO6. The summed E-state index contributed by atoms with van der Waals surface area (Å²) in [5, 5.41) is 8.90. The smallest absolute Gasteiger partial charge is 0.417 e. The summed E-state index contributed by atoms with van der Waals surface area (Å²) in [6.07, 6.45) is -3.31. The van der Waals surface area contributed by atoms with Gasteiger partial charge in [0.2, 0.25) is 5.88 Å². The maximum atomic E-state index is 13.0. The number of para-hydroxylation sites is 1. The van der Waals surface area contributed by atoms with Gasteiger partial charge in [0.15, 0.2) is 11.5 Å². The van der Waals surface area contributed by atoms with Gasteiger partial charge in [-0.3, -0.25) is 4.79 Å². The number of methoxy groups -OCH3 is 1. The zero-order chi connectivity index (χ0) is 27.9. The van der Waals surface area contributed by atoms with Gasteiger partial charge < -0.3 is 24.1 Å². The Bertz CT molecular complexity index is 1270. The molecule has 0 aliphatic heterocycles. The quantitative estimate of drug-likeness (QED) is 0.242. The van der Waals surface area contributed by atoms with E-state index >= 15 is 0 Å². The van der Waals surface area contributed by atoms with Crippen LogP contribution in [0.2, 0.25) is 5.02 Å². The normalized spacial score (nSPS) is 11.4. The SMILES string of the molecule is COc1cccc(CC(=O)O)c1OCCCc1ccc(OC(C)C)cc1Oc1ncc(C(F)(F)F)cc1Cl. The Kier molecular flexibility index (Phi) is 9.68.